The fraction of sp³-hybridized carbons (Fsp3) is 0.647. The van der Waals surface area contributed by atoms with Gasteiger partial charge in [-0.25, -0.2) is 16.8 Å². The molecular weight excluding hydrogens is 440 g/mol. The van der Waals surface area contributed by atoms with Gasteiger partial charge in [-0.05, 0) is 56.7 Å². The van der Waals surface area contributed by atoms with Gasteiger partial charge in [0.15, 0.2) is 9.84 Å². The van der Waals surface area contributed by atoms with Crippen LogP contribution in [-0.2, 0) is 19.9 Å². The van der Waals surface area contributed by atoms with Gasteiger partial charge in [-0.3, -0.25) is 0 Å². The molecule has 1 fully saturated rings. The Labute approximate surface area is 165 Å². The molecule has 0 unspecified atom stereocenters. The topological polar surface area (TPSA) is 74.8 Å². The van der Waals surface area contributed by atoms with Crippen LogP contribution >= 0.6 is 15.9 Å². The molecule has 0 aromatic heterocycles. The van der Waals surface area contributed by atoms with Gasteiger partial charge in [0.1, 0.15) is 0 Å². The van der Waals surface area contributed by atoms with Gasteiger partial charge >= 0.3 is 0 Å². The van der Waals surface area contributed by atoms with Crippen LogP contribution in [0.2, 0.25) is 0 Å². The highest BCUT2D eigenvalue weighted by Crippen LogP contribution is 2.26. The molecule has 2 rings (SSSR count). The van der Waals surface area contributed by atoms with E-state index in [1.807, 2.05) is 0 Å². The van der Waals surface area contributed by atoms with Crippen LogP contribution in [0.25, 0.3) is 0 Å². The lowest BCUT2D eigenvalue weighted by molar-refractivity contribution is 0.269. The van der Waals surface area contributed by atoms with Gasteiger partial charge in [0, 0.05) is 17.1 Å². The van der Waals surface area contributed by atoms with Gasteiger partial charge in [-0.2, -0.15) is 4.31 Å². The number of halogens is 1. The molecule has 1 saturated heterocycles. The normalized spacial score (nSPS) is 20.1. The van der Waals surface area contributed by atoms with Crippen molar-refractivity contribution in [2.24, 2.45) is 0 Å². The first-order chi connectivity index (χ1) is 12.2. The zero-order chi connectivity index (χ0) is 19.4. The van der Waals surface area contributed by atoms with Crippen LogP contribution in [0.3, 0.4) is 0 Å². The molecular formula is C17H27BrN2O4S2. The zero-order valence-corrected chi connectivity index (χ0v) is 18.5. The number of sulfone groups is 1. The first-order valence-electron chi connectivity index (χ1n) is 8.89. The van der Waals surface area contributed by atoms with Crippen LogP contribution in [0.15, 0.2) is 33.6 Å². The van der Waals surface area contributed by atoms with E-state index < -0.39 is 25.9 Å². The average molecular weight is 467 g/mol. The monoisotopic (exact) mass is 466 g/mol. The Bertz CT molecular complexity index is 791. The first-order valence-corrected chi connectivity index (χ1v) is 12.9. The summed E-state index contributed by atoms with van der Waals surface area (Å²) in [5.41, 5.74) is 0. The van der Waals surface area contributed by atoms with E-state index in [0.717, 1.165) is 24.1 Å². The van der Waals surface area contributed by atoms with Gasteiger partial charge < -0.3 is 4.90 Å². The molecule has 1 aromatic carbocycles. The largest absolute Gasteiger partial charge is 0.304 e. The highest BCUT2D eigenvalue weighted by molar-refractivity contribution is 9.10. The molecule has 0 bridgehead atoms. The van der Waals surface area contributed by atoms with Crippen molar-refractivity contribution in [3.63, 3.8) is 0 Å². The Balaban J connectivity index is 2.23. The molecule has 1 aliphatic heterocycles. The highest BCUT2D eigenvalue weighted by Gasteiger charge is 2.38. The smallest absolute Gasteiger partial charge is 0.243 e. The van der Waals surface area contributed by atoms with Crippen molar-refractivity contribution in [1.29, 1.82) is 0 Å². The van der Waals surface area contributed by atoms with Crippen LogP contribution in [0.4, 0.5) is 0 Å². The van der Waals surface area contributed by atoms with E-state index in [1.165, 1.54) is 4.31 Å². The zero-order valence-electron chi connectivity index (χ0n) is 15.3. The second kappa shape index (κ2) is 9.14. The minimum absolute atomic E-state index is 0.0556. The van der Waals surface area contributed by atoms with Crippen molar-refractivity contribution in [2.75, 3.05) is 37.7 Å². The van der Waals surface area contributed by atoms with E-state index in [1.54, 1.807) is 24.3 Å². The maximum atomic E-state index is 13.2. The quantitative estimate of drug-likeness (QED) is 0.558. The molecule has 1 atom stereocenters. The van der Waals surface area contributed by atoms with E-state index >= 15 is 0 Å². The molecule has 0 radical (unpaired) electrons. The van der Waals surface area contributed by atoms with E-state index in [-0.39, 0.29) is 16.4 Å². The number of nitrogens with zero attached hydrogens (tertiary/aromatic N) is 2. The van der Waals surface area contributed by atoms with Crippen molar-refractivity contribution in [2.45, 2.75) is 37.6 Å². The van der Waals surface area contributed by atoms with Crippen molar-refractivity contribution in [3.8, 4) is 0 Å². The maximum absolute atomic E-state index is 13.2. The van der Waals surface area contributed by atoms with Gasteiger partial charge in [0.05, 0.1) is 16.4 Å². The third-order valence-corrected chi connectivity index (χ3v) is 9.03. The lowest BCUT2D eigenvalue weighted by Gasteiger charge is -2.28. The number of benzene rings is 1. The van der Waals surface area contributed by atoms with Crippen LogP contribution in [0, 0.1) is 0 Å². The third-order valence-electron chi connectivity index (χ3n) is 4.78. The van der Waals surface area contributed by atoms with Crippen LogP contribution in [0.5, 0.6) is 0 Å². The first kappa shape index (κ1) is 21.8. The molecule has 1 heterocycles. The number of sulfonamides is 1. The van der Waals surface area contributed by atoms with Crippen molar-refractivity contribution in [1.82, 2.24) is 9.21 Å². The minimum Gasteiger partial charge on any atom is -0.304 e. The van der Waals surface area contributed by atoms with Crippen LogP contribution < -0.4 is 0 Å². The summed E-state index contributed by atoms with van der Waals surface area (Å²) in [6.45, 7) is 7.09. The molecule has 26 heavy (non-hydrogen) atoms. The summed E-state index contributed by atoms with van der Waals surface area (Å²) in [7, 11) is -6.90. The predicted octanol–water partition coefficient (Wildman–Crippen LogP) is 2.36. The fourth-order valence-electron chi connectivity index (χ4n) is 3.23. The average Bonchev–Trinajstić information content (AvgIpc) is 2.94. The predicted molar refractivity (Wildman–Crippen MR) is 107 cm³/mol. The number of hydrogen-bond donors (Lipinski definition) is 0. The molecule has 1 aromatic rings. The molecule has 1 aliphatic rings. The van der Waals surface area contributed by atoms with Crippen molar-refractivity contribution < 1.29 is 16.8 Å². The van der Waals surface area contributed by atoms with Crippen LogP contribution in [0.1, 0.15) is 26.7 Å². The summed E-state index contributed by atoms with van der Waals surface area (Å²) < 4.78 is 52.3. The standard InChI is InChI=1S/C17H27BrN2O4S2/c1-3-19(4-2)11-5-12-20(16-10-13-25(21,22)14-16)26(23,24)17-8-6-15(18)7-9-17/h6-9,16H,3-5,10-14H2,1-2H3/t16-/m0/s1. The van der Waals surface area contributed by atoms with Crippen molar-refractivity contribution in [3.05, 3.63) is 28.7 Å². The van der Waals surface area contributed by atoms with Gasteiger partial charge in [-0.1, -0.05) is 29.8 Å². The van der Waals surface area contributed by atoms with E-state index in [0.29, 0.717) is 19.4 Å². The Kier molecular flexibility index (Phi) is 7.67. The van der Waals surface area contributed by atoms with E-state index in [4.69, 9.17) is 0 Å². The summed E-state index contributed by atoms with van der Waals surface area (Å²) >= 11 is 3.31. The van der Waals surface area contributed by atoms with Crippen molar-refractivity contribution >= 4 is 35.8 Å². The van der Waals surface area contributed by atoms with Gasteiger partial charge in [-0.15, -0.1) is 0 Å². The summed E-state index contributed by atoms with van der Waals surface area (Å²) in [5.74, 6) is -0.0336. The summed E-state index contributed by atoms with van der Waals surface area (Å²) in [4.78, 5) is 2.43. The van der Waals surface area contributed by atoms with Gasteiger partial charge in [0.2, 0.25) is 10.0 Å². The second-order valence-electron chi connectivity index (χ2n) is 6.51. The molecule has 9 heteroatoms. The van der Waals surface area contributed by atoms with Gasteiger partial charge in [0.25, 0.3) is 0 Å². The lowest BCUT2D eigenvalue weighted by Crippen LogP contribution is -2.42. The lowest BCUT2D eigenvalue weighted by atomic mass is 10.2. The summed E-state index contributed by atoms with van der Waals surface area (Å²) in [5, 5.41) is 0. The molecule has 0 saturated carbocycles. The fourth-order valence-corrected chi connectivity index (χ4v) is 7.02. The Morgan fingerprint density at radius 2 is 1.73 bits per heavy atom. The molecule has 6 nitrogen and oxygen atoms in total. The molecule has 0 spiro atoms. The summed E-state index contributed by atoms with van der Waals surface area (Å²) in [6, 6.07) is 6.00. The van der Waals surface area contributed by atoms with E-state index in [9.17, 15) is 16.8 Å². The maximum Gasteiger partial charge on any atom is 0.243 e. The molecule has 0 N–H and O–H groups in total. The molecule has 0 aliphatic carbocycles. The minimum atomic E-state index is -3.73. The third kappa shape index (κ3) is 5.51. The Hall–Kier alpha value is -0.480. The number of rotatable bonds is 9. The number of hydrogen-bond acceptors (Lipinski definition) is 5. The summed E-state index contributed by atoms with van der Waals surface area (Å²) in [6.07, 6.45) is 1.04. The SMILES string of the molecule is CCN(CC)CCCN([C@H]1CCS(=O)(=O)C1)S(=O)(=O)c1ccc(Br)cc1. The van der Waals surface area contributed by atoms with E-state index in [2.05, 4.69) is 34.7 Å². The molecule has 148 valence electrons. The van der Waals surface area contributed by atoms with Crippen LogP contribution in [-0.4, -0.2) is 69.8 Å². The Morgan fingerprint density at radius 3 is 2.23 bits per heavy atom. The molecule has 0 amide bonds. The Morgan fingerprint density at radius 1 is 1.12 bits per heavy atom. The second-order valence-corrected chi connectivity index (χ2v) is 11.5. The highest BCUT2D eigenvalue weighted by atomic mass is 79.9.